The number of hydrogen-bond donors (Lipinski definition) is 1. The summed E-state index contributed by atoms with van der Waals surface area (Å²) >= 11 is 1.47. The number of carbonyl (C=O) groups is 1. The summed E-state index contributed by atoms with van der Waals surface area (Å²) in [5.41, 5.74) is 4.79. The van der Waals surface area contributed by atoms with Crippen LogP contribution in [0.3, 0.4) is 0 Å². The average molecular weight is 359 g/mol. The topological polar surface area (TPSA) is 54.5 Å². The standard InChI is InChI=1S/C19H25N3O2S/c1-12-5-6-13(2)17(7-12)18-9-22(14(3)10-24-18)8-16-11-25-19(21-16)20-15(4)23/h5-7,11,14,18H,8-10H2,1-4H3,(H,20,21,23). The van der Waals surface area contributed by atoms with E-state index in [1.54, 1.807) is 0 Å². The first-order chi connectivity index (χ1) is 11.9. The van der Waals surface area contributed by atoms with Crippen molar-refractivity contribution in [3.63, 3.8) is 0 Å². The van der Waals surface area contributed by atoms with E-state index in [2.05, 4.69) is 54.2 Å². The van der Waals surface area contributed by atoms with Crippen molar-refractivity contribution in [2.24, 2.45) is 0 Å². The Hall–Kier alpha value is -1.76. The van der Waals surface area contributed by atoms with Gasteiger partial charge in [0.25, 0.3) is 0 Å². The molecule has 0 spiro atoms. The molecule has 134 valence electrons. The van der Waals surface area contributed by atoms with Crippen LogP contribution in [0.25, 0.3) is 0 Å². The number of morpholine rings is 1. The lowest BCUT2D eigenvalue weighted by molar-refractivity contribution is -0.114. The van der Waals surface area contributed by atoms with Crippen LogP contribution in [0.2, 0.25) is 0 Å². The highest BCUT2D eigenvalue weighted by molar-refractivity contribution is 7.13. The van der Waals surface area contributed by atoms with Crippen molar-refractivity contribution in [1.29, 1.82) is 0 Å². The number of amides is 1. The van der Waals surface area contributed by atoms with Gasteiger partial charge in [-0.2, -0.15) is 0 Å². The summed E-state index contributed by atoms with van der Waals surface area (Å²) in [4.78, 5) is 18.1. The van der Waals surface area contributed by atoms with Gasteiger partial charge in [0, 0.05) is 31.4 Å². The molecule has 1 aromatic carbocycles. The molecule has 1 aliphatic heterocycles. The molecule has 5 nitrogen and oxygen atoms in total. The van der Waals surface area contributed by atoms with E-state index in [-0.39, 0.29) is 12.0 Å². The van der Waals surface area contributed by atoms with Crippen LogP contribution in [0.5, 0.6) is 0 Å². The van der Waals surface area contributed by atoms with Crippen LogP contribution in [0.4, 0.5) is 5.13 Å². The van der Waals surface area contributed by atoms with Gasteiger partial charge < -0.3 is 10.1 Å². The Labute approximate surface area is 153 Å². The van der Waals surface area contributed by atoms with E-state index < -0.39 is 0 Å². The lowest BCUT2D eigenvalue weighted by Gasteiger charge is -2.38. The Kier molecular flexibility index (Phi) is 5.51. The van der Waals surface area contributed by atoms with Gasteiger partial charge in [-0.25, -0.2) is 4.98 Å². The Balaban J connectivity index is 1.71. The maximum Gasteiger partial charge on any atom is 0.223 e. The SMILES string of the molecule is CC(=O)Nc1nc(CN2CC(c3cc(C)ccc3C)OCC2C)cs1. The molecule has 2 unspecified atom stereocenters. The van der Waals surface area contributed by atoms with Crippen molar-refractivity contribution in [2.45, 2.75) is 46.4 Å². The molecule has 3 rings (SSSR count). The maximum absolute atomic E-state index is 11.2. The third kappa shape index (κ3) is 4.45. The largest absolute Gasteiger partial charge is 0.371 e. The third-order valence-electron chi connectivity index (χ3n) is 4.54. The molecule has 0 bridgehead atoms. The first kappa shape index (κ1) is 18.0. The zero-order chi connectivity index (χ0) is 18.0. The van der Waals surface area contributed by atoms with Crippen LogP contribution in [0, 0.1) is 13.8 Å². The number of aryl methyl sites for hydroxylation is 2. The summed E-state index contributed by atoms with van der Waals surface area (Å²) in [6.07, 6.45) is 0.0875. The number of aromatic nitrogens is 1. The molecule has 2 heterocycles. The van der Waals surface area contributed by atoms with Crippen LogP contribution in [-0.2, 0) is 16.1 Å². The second kappa shape index (κ2) is 7.64. The summed E-state index contributed by atoms with van der Waals surface area (Å²) < 4.78 is 6.12. The Morgan fingerprint density at radius 2 is 2.24 bits per heavy atom. The highest BCUT2D eigenvalue weighted by Crippen LogP contribution is 2.29. The monoisotopic (exact) mass is 359 g/mol. The van der Waals surface area contributed by atoms with Gasteiger partial charge in [-0.1, -0.05) is 23.8 Å². The van der Waals surface area contributed by atoms with E-state index in [4.69, 9.17) is 4.74 Å². The summed E-state index contributed by atoms with van der Waals surface area (Å²) in [6, 6.07) is 6.87. The number of anilines is 1. The second-order valence-corrected chi connectivity index (χ2v) is 7.64. The van der Waals surface area contributed by atoms with Crippen molar-refractivity contribution in [1.82, 2.24) is 9.88 Å². The number of benzene rings is 1. The van der Waals surface area contributed by atoms with Gasteiger partial charge in [-0.3, -0.25) is 9.69 Å². The zero-order valence-electron chi connectivity index (χ0n) is 15.2. The van der Waals surface area contributed by atoms with Gasteiger partial charge in [0.05, 0.1) is 18.4 Å². The summed E-state index contributed by atoms with van der Waals surface area (Å²) in [6.45, 7) is 10.3. The van der Waals surface area contributed by atoms with Crippen LogP contribution in [-0.4, -0.2) is 35.0 Å². The van der Waals surface area contributed by atoms with Crippen LogP contribution < -0.4 is 5.32 Å². The van der Waals surface area contributed by atoms with Gasteiger partial charge in [0.1, 0.15) is 0 Å². The molecule has 1 fully saturated rings. The number of ether oxygens (including phenoxy) is 1. The fourth-order valence-electron chi connectivity index (χ4n) is 3.12. The number of hydrogen-bond acceptors (Lipinski definition) is 5. The minimum Gasteiger partial charge on any atom is -0.371 e. The lowest BCUT2D eigenvalue weighted by Crippen LogP contribution is -2.44. The van der Waals surface area contributed by atoms with E-state index in [9.17, 15) is 4.79 Å². The van der Waals surface area contributed by atoms with Gasteiger partial charge in [0.2, 0.25) is 5.91 Å². The molecule has 2 aromatic rings. The number of rotatable bonds is 4. The second-order valence-electron chi connectivity index (χ2n) is 6.79. The fraction of sp³-hybridized carbons (Fsp3) is 0.474. The smallest absolute Gasteiger partial charge is 0.223 e. The van der Waals surface area contributed by atoms with Crippen molar-refractivity contribution < 1.29 is 9.53 Å². The van der Waals surface area contributed by atoms with Gasteiger partial charge in [0.15, 0.2) is 5.13 Å². The molecule has 1 aliphatic rings. The highest BCUT2D eigenvalue weighted by Gasteiger charge is 2.28. The molecule has 2 atom stereocenters. The van der Waals surface area contributed by atoms with Crippen molar-refractivity contribution in [3.05, 3.63) is 46.0 Å². The minimum atomic E-state index is -0.0874. The first-order valence-corrected chi connectivity index (χ1v) is 9.45. The molecule has 25 heavy (non-hydrogen) atoms. The van der Waals surface area contributed by atoms with E-state index in [0.717, 1.165) is 18.8 Å². The molecule has 1 amide bonds. The van der Waals surface area contributed by atoms with Crippen molar-refractivity contribution in [2.75, 3.05) is 18.5 Å². The lowest BCUT2D eigenvalue weighted by atomic mass is 9.99. The van der Waals surface area contributed by atoms with E-state index in [1.165, 1.54) is 35.0 Å². The van der Waals surface area contributed by atoms with Crippen LogP contribution >= 0.6 is 11.3 Å². The molecule has 0 radical (unpaired) electrons. The van der Waals surface area contributed by atoms with Gasteiger partial charge in [-0.15, -0.1) is 11.3 Å². The van der Waals surface area contributed by atoms with Crippen molar-refractivity contribution in [3.8, 4) is 0 Å². The number of nitrogens with one attached hydrogen (secondary N) is 1. The third-order valence-corrected chi connectivity index (χ3v) is 5.35. The Morgan fingerprint density at radius 3 is 3.00 bits per heavy atom. The Bertz CT molecular complexity index is 759. The maximum atomic E-state index is 11.2. The van der Waals surface area contributed by atoms with Crippen LogP contribution in [0.1, 0.15) is 42.3 Å². The molecular weight excluding hydrogens is 334 g/mol. The fourth-order valence-corrected chi connectivity index (χ4v) is 3.86. The normalized spacial score (nSPS) is 21.3. The van der Waals surface area contributed by atoms with E-state index in [0.29, 0.717) is 17.8 Å². The summed E-state index contributed by atoms with van der Waals surface area (Å²) in [5.74, 6) is -0.0874. The summed E-state index contributed by atoms with van der Waals surface area (Å²) in [5, 5.41) is 5.42. The number of carbonyl (C=O) groups excluding carboxylic acids is 1. The number of thiazole rings is 1. The molecule has 1 aromatic heterocycles. The number of nitrogens with zero attached hydrogens (tertiary/aromatic N) is 2. The average Bonchev–Trinajstić information content (AvgIpc) is 2.98. The predicted octanol–water partition coefficient (Wildman–Crippen LogP) is 3.68. The van der Waals surface area contributed by atoms with Gasteiger partial charge >= 0.3 is 0 Å². The van der Waals surface area contributed by atoms with Crippen molar-refractivity contribution >= 4 is 22.4 Å². The molecule has 1 N–H and O–H groups in total. The van der Waals surface area contributed by atoms with Gasteiger partial charge in [-0.05, 0) is 31.9 Å². The molecule has 1 saturated heterocycles. The summed E-state index contributed by atoms with van der Waals surface area (Å²) in [7, 11) is 0. The molecule has 6 heteroatoms. The first-order valence-electron chi connectivity index (χ1n) is 8.57. The van der Waals surface area contributed by atoms with E-state index in [1.807, 2.05) is 5.38 Å². The minimum absolute atomic E-state index is 0.0874. The highest BCUT2D eigenvalue weighted by atomic mass is 32.1. The zero-order valence-corrected chi connectivity index (χ0v) is 16.0. The molecule has 0 saturated carbocycles. The predicted molar refractivity (Wildman–Crippen MR) is 101 cm³/mol. The van der Waals surface area contributed by atoms with E-state index >= 15 is 0 Å². The van der Waals surface area contributed by atoms with Crippen LogP contribution in [0.15, 0.2) is 23.6 Å². The molecular formula is C19H25N3O2S. The molecule has 0 aliphatic carbocycles. The Morgan fingerprint density at radius 1 is 1.44 bits per heavy atom. The quantitative estimate of drug-likeness (QED) is 0.905.